The van der Waals surface area contributed by atoms with Crippen LogP contribution < -0.4 is 5.32 Å². The summed E-state index contributed by atoms with van der Waals surface area (Å²) in [6.45, 7) is 6.19. The highest BCUT2D eigenvalue weighted by Crippen LogP contribution is 2.25. The third-order valence-electron chi connectivity index (χ3n) is 3.25. The maximum Gasteiger partial charge on any atom is 0.234 e. The Bertz CT molecular complexity index is 670. The Balaban J connectivity index is 1.94. The van der Waals surface area contributed by atoms with Crippen molar-refractivity contribution in [3.05, 3.63) is 57.6 Å². The van der Waals surface area contributed by atoms with Gasteiger partial charge >= 0.3 is 0 Å². The molecule has 0 saturated heterocycles. The first-order valence-electron chi connectivity index (χ1n) is 6.72. The van der Waals surface area contributed by atoms with Crippen molar-refractivity contribution in [2.75, 3.05) is 11.1 Å². The van der Waals surface area contributed by atoms with Gasteiger partial charge in [0.2, 0.25) is 5.91 Å². The van der Waals surface area contributed by atoms with Gasteiger partial charge in [-0.05, 0) is 77.7 Å². The molecule has 2 aromatic carbocycles. The Hall–Kier alpha value is -1.26. The lowest BCUT2D eigenvalue weighted by Crippen LogP contribution is -2.14. The van der Waals surface area contributed by atoms with E-state index in [4.69, 9.17) is 0 Å². The van der Waals surface area contributed by atoms with Gasteiger partial charge in [-0.1, -0.05) is 12.1 Å². The summed E-state index contributed by atoms with van der Waals surface area (Å²) < 4.78 is 0.909. The predicted octanol–water partition coefficient (Wildman–Crippen LogP) is 5.11. The second-order valence-electron chi connectivity index (χ2n) is 5.07. The van der Waals surface area contributed by atoms with Crippen molar-refractivity contribution in [2.24, 2.45) is 0 Å². The number of anilines is 1. The van der Waals surface area contributed by atoms with Crippen LogP contribution in [0.15, 0.2) is 45.8 Å². The second kappa shape index (κ2) is 7.14. The predicted molar refractivity (Wildman–Crippen MR) is 94.1 cm³/mol. The molecular weight excluding hydrogens is 346 g/mol. The van der Waals surface area contributed by atoms with Crippen LogP contribution in [0.5, 0.6) is 0 Å². The molecule has 0 atom stereocenters. The van der Waals surface area contributed by atoms with E-state index < -0.39 is 0 Å². The van der Waals surface area contributed by atoms with Crippen LogP contribution in [0.2, 0.25) is 0 Å². The zero-order valence-corrected chi connectivity index (χ0v) is 14.8. The first-order valence-corrected chi connectivity index (χ1v) is 8.49. The number of carbonyl (C=O) groups is 1. The number of hydrogen-bond acceptors (Lipinski definition) is 2. The molecule has 1 N–H and O–H groups in total. The lowest BCUT2D eigenvalue weighted by atomic mass is 10.1. The van der Waals surface area contributed by atoms with Crippen LogP contribution in [0.4, 0.5) is 5.69 Å². The molecule has 0 aliphatic carbocycles. The van der Waals surface area contributed by atoms with Crippen LogP contribution in [0.25, 0.3) is 0 Å². The molecule has 2 rings (SSSR count). The van der Waals surface area contributed by atoms with E-state index in [9.17, 15) is 4.79 Å². The molecule has 0 saturated carbocycles. The van der Waals surface area contributed by atoms with Crippen molar-refractivity contribution in [2.45, 2.75) is 25.7 Å². The van der Waals surface area contributed by atoms with Gasteiger partial charge in [-0.3, -0.25) is 4.79 Å². The largest absolute Gasteiger partial charge is 0.324 e. The van der Waals surface area contributed by atoms with Gasteiger partial charge in [-0.2, -0.15) is 0 Å². The van der Waals surface area contributed by atoms with Crippen molar-refractivity contribution >= 4 is 39.3 Å². The number of hydrogen-bond donors (Lipinski definition) is 1. The van der Waals surface area contributed by atoms with Gasteiger partial charge in [0.05, 0.1) is 11.4 Å². The quantitative estimate of drug-likeness (QED) is 0.765. The first-order chi connectivity index (χ1) is 9.95. The summed E-state index contributed by atoms with van der Waals surface area (Å²) in [7, 11) is 0. The fourth-order valence-electron chi connectivity index (χ4n) is 1.86. The smallest absolute Gasteiger partial charge is 0.234 e. The summed E-state index contributed by atoms with van der Waals surface area (Å²) in [5.74, 6) is 0.408. The second-order valence-corrected chi connectivity index (χ2v) is 6.97. The molecule has 0 heterocycles. The zero-order chi connectivity index (χ0) is 15.4. The summed E-state index contributed by atoms with van der Waals surface area (Å²) in [5.41, 5.74) is 4.49. The standard InChI is InChI=1S/C17H18BrNOS/c1-11-4-7-16(15(18)8-11)19-17(20)10-21-14-6-5-12(2)13(3)9-14/h4-9H,10H2,1-3H3,(H,19,20). The summed E-state index contributed by atoms with van der Waals surface area (Å²) in [5, 5.41) is 2.93. The highest BCUT2D eigenvalue weighted by atomic mass is 79.9. The third-order valence-corrected chi connectivity index (χ3v) is 4.90. The number of halogens is 1. The fourth-order valence-corrected chi connectivity index (χ4v) is 3.25. The Morgan fingerprint density at radius 3 is 2.52 bits per heavy atom. The summed E-state index contributed by atoms with van der Waals surface area (Å²) in [6.07, 6.45) is 0. The average Bonchev–Trinajstić information content (AvgIpc) is 2.43. The van der Waals surface area contributed by atoms with E-state index in [-0.39, 0.29) is 5.91 Å². The van der Waals surface area contributed by atoms with E-state index in [1.54, 1.807) is 11.8 Å². The molecule has 0 aliphatic heterocycles. The van der Waals surface area contributed by atoms with Gasteiger partial charge in [-0.25, -0.2) is 0 Å². The Labute approximate surface area is 138 Å². The number of nitrogens with one attached hydrogen (secondary N) is 1. The highest BCUT2D eigenvalue weighted by Gasteiger charge is 2.07. The number of thioether (sulfide) groups is 1. The summed E-state index contributed by atoms with van der Waals surface area (Å²) in [4.78, 5) is 13.1. The number of benzene rings is 2. The first kappa shape index (κ1) is 16.1. The molecule has 4 heteroatoms. The van der Waals surface area contributed by atoms with Crippen LogP contribution in [-0.2, 0) is 4.79 Å². The molecule has 1 amide bonds. The van der Waals surface area contributed by atoms with Crippen molar-refractivity contribution in [1.82, 2.24) is 0 Å². The summed E-state index contributed by atoms with van der Waals surface area (Å²) in [6, 6.07) is 12.2. The van der Waals surface area contributed by atoms with Crippen molar-refractivity contribution in [1.29, 1.82) is 0 Å². The normalized spacial score (nSPS) is 10.5. The van der Waals surface area contributed by atoms with Gasteiger partial charge in [0, 0.05) is 9.37 Å². The molecule has 0 radical (unpaired) electrons. The molecule has 21 heavy (non-hydrogen) atoms. The Morgan fingerprint density at radius 1 is 1.10 bits per heavy atom. The Morgan fingerprint density at radius 2 is 1.86 bits per heavy atom. The molecule has 0 unspecified atom stereocenters. The van der Waals surface area contributed by atoms with Gasteiger partial charge in [0.25, 0.3) is 0 Å². The maximum atomic E-state index is 12.0. The lowest BCUT2D eigenvalue weighted by molar-refractivity contribution is -0.113. The van der Waals surface area contributed by atoms with Gasteiger partial charge in [0.1, 0.15) is 0 Å². The highest BCUT2D eigenvalue weighted by molar-refractivity contribution is 9.10. The molecule has 2 nitrogen and oxygen atoms in total. The van der Waals surface area contributed by atoms with Crippen molar-refractivity contribution < 1.29 is 4.79 Å². The minimum absolute atomic E-state index is 0.00258. The minimum Gasteiger partial charge on any atom is -0.324 e. The fraction of sp³-hybridized carbons (Fsp3) is 0.235. The SMILES string of the molecule is Cc1ccc(NC(=O)CSc2ccc(C)c(C)c2)c(Br)c1. The van der Waals surface area contributed by atoms with E-state index in [1.165, 1.54) is 11.1 Å². The van der Waals surface area contributed by atoms with Crippen molar-refractivity contribution in [3.63, 3.8) is 0 Å². The molecule has 0 aliphatic rings. The molecule has 2 aromatic rings. The number of amides is 1. The van der Waals surface area contributed by atoms with E-state index in [1.807, 2.05) is 25.1 Å². The van der Waals surface area contributed by atoms with Crippen LogP contribution in [0, 0.1) is 20.8 Å². The van der Waals surface area contributed by atoms with Gasteiger partial charge in [-0.15, -0.1) is 11.8 Å². The Kier molecular flexibility index (Phi) is 5.48. The molecule has 0 spiro atoms. The monoisotopic (exact) mass is 363 g/mol. The van der Waals surface area contributed by atoms with E-state index >= 15 is 0 Å². The van der Waals surface area contributed by atoms with Crippen LogP contribution >= 0.6 is 27.7 Å². The molecule has 110 valence electrons. The number of rotatable bonds is 4. The number of aryl methyl sites for hydroxylation is 3. The van der Waals surface area contributed by atoms with Crippen LogP contribution in [-0.4, -0.2) is 11.7 Å². The average molecular weight is 364 g/mol. The van der Waals surface area contributed by atoms with E-state index in [0.717, 1.165) is 20.6 Å². The van der Waals surface area contributed by atoms with Crippen LogP contribution in [0.3, 0.4) is 0 Å². The molecule has 0 fully saturated rings. The third kappa shape index (κ3) is 4.61. The van der Waals surface area contributed by atoms with Gasteiger partial charge < -0.3 is 5.32 Å². The molecule has 0 bridgehead atoms. The topological polar surface area (TPSA) is 29.1 Å². The summed E-state index contributed by atoms with van der Waals surface area (Å²) >= 11 is 5.02. The number of carbonyl (C=O) groups excluding carboxylic acids is 1. The maximum absolute atomic E-state index is 12.0. The van der Waals surface area contributed by atoms with Crippen LogP contribution in [0.1, 0.15) is 16.7 Å². The minimum atomic E-state index is 0.00258. The zero-order valence-electron chi connectivity index (χ0n) is 12.4. The lowest BCUT2D eigenvalue weighted by Gasteiger charge is -2.09. The van der Waals surface area contributed by atoms with E-state index in [0.29, 0.717) is 5.75 Å². The van der Waals surface area contributed by atoms with Crippen molar-refractivity contribution in [3.8, 4) is 0 Å². The van der Waals surface area contributed by atoms with Gasteiger partial charge in [0.15, 0.2) is 0 Å². The molecular formula is C17H18BrNOS. The van der Waals surface area contributed by atoms with E-state index in [2.05, 4.69) is 53.3 Å². The molecule has 0 aromatic heterocycles.